The molecule has 0 aliphatic carbocycles. The number of rotatable bonds is 4. The fraction of sp³-hybridized carbons (Fsp3) is 0.368. The summed E-state index contributed by atoms with van der Waals surface area (Å²) in [7, 11) is 0. The average molecular weight is 287 g/mol. The highest BCUT2D eigenvalue weighted by Gasteiger charge is 2.20. The zero-order valence-electron chi connectivity index (χ0n) is 12.8. The van der Waals surface area contributed by atoms with E-state index >= 15 is 0 Å². The maximum atomic E-state index is 6.91. The predicted molar refractivity (Wildman–Crippen MR) is 88.8 cm³/mol. The molecule has 2 aromatic carbocycles. The van der Waals surface area contributed by atoms with Crippen molar-refractivity contribution >= 4 is 11.6 Å². The van der Waals surface area contributed by atoms with E-state index in [1.165, 1.54) is 33.4 Å². The Labute approximate surface area is 127 Å². The monoisotopic (exact) mass is 286 g/mol. The van der Waals surface area contributed by atoms with Crippen LogP contribution in [0, 0.1) is 13.8 Å². The van der Waals surface area contributed by atoms with E-state index in [2.05, 4.69) is 64.1 Å². The van der Waals surface area contributed by atoms with Crippen LogP contribution in [0.3, 0.4) is 0 Å². The molecule has 0 radical (unpaired) electrons. The highest BCUT2D eigenvalue weighted by atomic mass is 35.5. The first-order valence-electron chi connectivity index (χ1n) is 7.40. The van der Waals surface area contributed by atoms with E-state index in [0.29, 0.717) is 0 Å². The maximum Gasteiger partial charge on any atom is 0.0845 e. The number of hydrogen-bond acceptors (Lipinski definition) is 0. The Bertz CT molecular complexity index is 545. The van der Waals surface area contributed by atoms with Crippen LogP contribution < -0.4 is 0 Å². The van der Waals surface area contributed by atoms with Crippen molar-refractivity contribution in [3.8, 4) is 0 Å². The molecule has 0 bridgehead atoms. The molecule has 0 saturated carbocycles. The van der Waals surface area contributed by atoms with Crippen LogP contribution in [0.2, 0.25) is 0 Å². The van der Waals surface area contributed by atoms with Gasteiger partial charge in [0.2, 0.25) is 0 Å². The van der Waals surface area contributed by atoms with Crippen molar-refractivity contribution in [2.75, 3.05) is 0 Å². The molecule has 0 N–H and O–H groups in total. The van der Waals surface area contributed by atoms with E-state index in [1.54, 1.807) is 0 Å². The fourth-order valence-corrected chi connectivity index (χ4v) is 3.59. The van der Waals surface area contributed by atoms with Gasteiger partial charge in [-0.3, -0.25) is 0 Å². The molecule has 0 amide bonds. The SMILES string of the molecule is CCc1cccc(C)c1C(Cl)c1c(C)cccc1CC. The summed E-state index contributed by atoms with van der Waals surface area (Å²) in [5.74, 6) is 0. The largest absolute Gasteiger partial charge is 0.113 e. The van der Waals surface area contributed by atoms with Gasteiger partial charge in [0.25, 0.3) is 0 Å². The van der Waals surface area contributed by atoms with Crippen molar-refractivity contribution in [2.45, 2.75) is 45.9 Å². The Morgan fingerprint density at radius 3 is 1.55 bits per heavy atom. The molecule has 0 unspecified atom stereocenters. The van der Waals surface area contributed by atoms with Gasteiger partial charge in [0, 0.05) is 0 Å². The van der Waals surface area contributed by atoms with Gasteiger partial charge < -0.3 is 0 Å². The average Bonchev–Trinajstić information content (AvgIpc) is 2.45. The van der Waals surface area contributed by atoms with Crippen molar-refractivity contribution in [1.82, 2.24) is 0 Å². The molecule has 20 heavy (non-hydrogen) atoms. The molecule has 106 valence electrons. The lowest BCUT2D eigenvalue weighted by molar-refractivity contribution is 0.976. The Morgan fingerprint density at radius 1 is 0.800 bits per heavy atom. The zero-order chi connectivity index (χ0) is 14.7. The van der Waals surface area contributed by atoms with E-state index < -0.39 is 0 Å². The number of benzene rings is 2. The summed E-state index contributed by atoms with van der Waals surface area (Å²) in [4.78, 5) is 0. The molecule has 0 atom stereocenters. The molecule has 0 fully saturated rings. The minimum atomic E-state index is -0.0534. The van der Waals surface area contributed by atoms with E-state index in [4.69, 9.17) is 11.6 Å². The van der Waals surface area contributed by atoms with Gasteiger partial charge in [-0.1, -0.05) is 50.2 Å². The molecule has 0 aliphatic rings. The molecule has 0 aromatic heterocycles. The normalized spacial score (nSPS) is 11.1. The second-order valence-corrected chi connectivity index (χ2v) is 5.80. The Hall–Kier alpha value is -1.27. The second kappa shape index (κ2) is 6.45. The third-order valence-electron chi connectivity index (χ3n) is 4.10. The summed E-state index contributed by atoms with van der Waals surface area (Å²) < 4.78 is 0. The molecular formula is C19H23Cl. The molecule has 0 nitrogen and oxygen atoms in total. The standard InChI is InChI=1S/C19H23Cl/c1-5-15-11-7-9-13(3)17(15)19(20)18-14(4)10-8-12-16(18)6-2/h7-12,19H,5-6H2,1-4H3. The number of halogens is 1. The summed E-state index contributed by atoms with van der Waals surface area (Å²) >= 11 is 6.91. The van der Waals surface area contributed by atoms with Gasteiger partial charge in [0.1, 0.15) is 0 Å². The smallest absolute Gasteiger partial charge is 0.0845 e. The van der Waals surface area contributed by atoms with Crippen LogP contribution in [0.5, 0.6) is 0 Å². The minimum Gasteiger partial charge on any atom is -0.113 e. The first-order valence-corrected chi connectivity index (χ1v) is 7.84. The lowest BCUT2D eigenvalue weighted by Gasteiger charge is -2.21. The first kappa shape index (κ1) is 15.1. The Morgan fingerprint density at radius 2 is 1.20 bits per heavy atom. The first-order chi connectivity index (χ1) is 9.60. The van der Waals surface area contributed by atoms with E-state index in [1.807, 2.05) is 0 Å². The van der Waals surface area contributed by atoms with E-state index in [-0.39, 0.29) is 5.38 Å². The highest BCUT2D eigenvalue weighted by Crippen LogP contribution is 2.37. The lowest BCUT2D eigenvalue weighted by Crippen LogP contribution is -2.06. The van der Waals surface area contributed by atoms with Crippen LogP contribution in [0.1, 0.15) is 52.6 Å². The van der Waals surface area contributed by atoms with Crippen LogP contribution in [0.15, 0.2) is 36.4 Å². The summed E-state index contributed by atoms with van der Waals surface area (Å²) in [6, 6.07) is 13.0. The third kappa shape index (κ3) is 2.76. The van der Waals surface area contributed by atoms with Crippen molar-refractivity contribution < 1.29 is 0 Å². The van der Waals surface area contributed by atoms with Crippen LogP contribution in [-0.4, -0.2) is 0 Å². The lowest BCUT2D eigenvalue weighted by atomic mass is 9.89. The molecular weight excluding hydrogens is 264 g/mol. The summed E-state index contributed by atoms with van der Waals surface area (Å²) in [5, 5.41) is -0.0534. The van der Waals surface area contributed by atoms with Gasteiger partial charge in [0.05, 0.1) is 5.38 Å². The van der Waals surface area contributed by atoms with Gasteiger partial charge in [0.15, 0.2) is 0 Å². The second-order valence-electron chi connectivity index (χ2n) is 5.37. The summed E-state index contributed by atoms with van der Waals surface area (Å²) in [5.41, 5.74) is 7.87. The zero-order valence-corrected chi connectivity index (χ0v) is 13.6. The van der Waals surface area contributed by atoms with Gasteiger partial charge in [-0.2, -0.15) is 0 Å². The van der Waals surface area contributed by atoms with Gasteiger partial charge in [-0.25, -0.2) is 0 Å². The number of alkyl halides is 1. The molecule has 0 spiro atoms. The molecule has 1 heteroatoms. The third-order valence-corrected chi connectivity index (χ3v) is 4.53. The quantitative estimate of drug-likeness (QED) is 0.627. The molecule has 2 rings (SSSR count). The van der Waals surface area contributed by atoms with Crippen molar-refractivity contribution in [3.05, 3.63) is 69.8 Å². The Balaban J connectivity index is 2.60. The van der Waals surface area contributed by atoms with Crippen LogP contribution in [0.25, 0.3) is 0 Å². The van der Waals surface area contributed by atoms with E-state index in [0.717, 1.165) is 12.8 Å². The minimum absolute atomic E-state index is 0.0534. The summed E-state index contributed by atoms with van der Waals surface area (Å²) in [6.07, 6.45) is 2.04. The topological polar surface area (TPSA) is 0 Å². The van der Waals surface area contributed by atoms with Crippen molar-refractivity contribution in [1.29, 1.82) is 0 Å². The molecule has 0 heterocycles. The van der Waals surface area contributed by atoms with Crippen molar-refractivity contribution in [2.24, 2.45) is 0 Å². The van der Waals surface area contributed by atoms with Gasteiger partial charge in [-0.15, -0.1) is 11.6 Å². The van der Waals surface area contributed by atoms with Gasteiger partial charge >= 0.3 is 0 Å². The predicted octanol–water partition coefficient (Wildman–Crippen LogP) is 5.76. The number of aryl methyl sites for hydroxylation is 4. The molecule has 2 aromatic rings. The van der Waals surface area contributed by atoms with E-state index in [9.17, 15) is 0 Å². The van der Waals surface area contributed by atoms with Crippen LogP contribution in [-0.2, 0) is 12.8 Å². The summed E-state index contributed by atoms with van der Waals surface area (Å²) in [6.45, 7) is 8.71. The maximum absolute atomic E-state index is 6.91. The highest BCUT2D eigenvalue weighted by molar-refractivity contribution is 6.23. The van der Waals surface area contributed by atoms with Gasteiger partial charge in [-0.05, 0) is 60.1 Å². The Kier molecular flexibility index (Phi) is 4.88. The number of hydrogen-bond donors (Lipinski definition) is 0. The molecule has 0 saturated heterocycles. The molecule has 0 aliphatic heterocycles. The van der Waals surface area contributed by atoms with Crippen molar-refractivity contribution in [3.63, 3.8) is 0 Å². The van der Waals surface area contributed by atoms with Crippen LogP contribution in [0.4, 0.5) is 0 Å². The van der Waals surface area contributed by atoms with Crippen LogP contribution >= 0.6 is 11.6 Å². The fourth-order valence-electron chi connectivity index (χ4n) is 2.97.